The van der Waals surface area contributed by atoms with Crippen molar-refractivity contribution in [3.8, 4) is 0 Å². The maximum Gasteiger partial charge on any atom is 0.393 e. The fourth-order valence-electron chi connectivity index (χ4n) is 5.06. The van der Waals surface area contributed by atoms with Crippen molar-refractivity contribution in [2.45, 2.75) is 43.9 Å². The third kappa shape index (κ3) is 9.75. The molecule has 2 aromatic carbocycles. The van der Waals surface area contributed by atoms with Gasteiger partial charge in [-0.15, -0.1) is 0 Å². The van der Waals surface area contributed by atoms with Crippen LogP contribution in [-0.2, 0) is 16.0 Å². The molecular formula is C30H37F4N3O3. The zero-order valence-electron chi connectivity index (χ0n) is 22.9. The number of ether oxygens (including phenoxy) is 1. The van der Waals surface area contributed by atoms with Crippen molar-refractivity contribution < 1.29 is 32.2 Å². The largest absolute Gasteiger partial charge is 0.484 e. The molecule has 2 aliphatic rings. The van der Waals surface area contributed by atoms with Crippen molar-refractivity contribution in [2.24, 2.45) is 10.9 Å². The molecule has 4 rings (SSSR count). The molecule has 0 bridgehead atoms. The molecule has 0 aromatic heterocycles. The first-order chi connectivity index (χ1) is 19.0. The predicted octanol–water partition coefficient (Wildman–Crippen LogP) is 5.28. The number of nitrogens with zero attached hydrogens (tertiary/aromatic N) is 3. The van der Waals surface area contributed by atoms with Gasteiger partial charge in [0.05, 0.1) is 25.3 Å². The van der Waals surface area contributed by atoms with Gasteiger partial charge < -0.3 is 19.6 Å². The molecule has 0 spiro atoms. The van der Waals surface area contributed by atoms with Gasteiger partial charge in [0.2, 0.25) is 6.41 Å². The second-order valence-corrected chi connectivity index (χ2v) is 10.4. The highest BCUT2D eigenvalue weighted by molar-refractivity contribution is 5.85. The number of piperidine rings is 2. The first-order valence-corrected chi connectivity index (χ1v) is 13.3. The molecule has 218 valence electrons. The number of rotatable bonds is 6. The first kappa shape index (κ1) is 31.3. The summed E-state index contributed by atoms with van der Waals surface area (Å²) in [6.07, 6.45) is -2.34. The summed E-state index contributed by atoms with van der Waals surface area (Å²) in [5, 5.41) is 8.98. The topological polar surface area (TPSA) is 65.4 Å². The van der Waals surface area contributed by atoms with E-state index >= 15 is 0 Å². The number of hydrogen-bond acceptors (Lipinski definition) is 5. The number of aliphatic hydroxyl groups is 1. The number of halogens is 4. The zero-order chi connectivity index (χ0) is 29.3. The molecule has 1 amide bonds. The van der Waals surface area contributed by atoms with Crippen LogP contribution in [0.5, 0.6) is 0 Å². The molecule has 6 nitrogen and oxygen atoms in total. The molecule has 2 unspecified atom stereocenters. The molecular weight excluding hydrogens is 526 g/mol. The van der Waals surface area contributed by atoms with Crippen LogP contribution in [-0.4, -0.2) is 79.8 Å². The molecule has 1 N–H and O–H groups in total. The van der Waals surface area contributed by atoms with Gasteiger partial charge in [0, 0.05) is 32.1 Å². The van der Waals surface area contributed by atoms with Crippen molar-refractivity contribution in [1.82, 2.24) is 9.80 Å². The molecule has 2 saturated heterocycles. The highest BCUT2D eigenvalue weighted by Crippen LogP contribution is 2.33. The van der Waals surface area contributed by atoms with Gasteiger partial charge >= 0.3 is 6.18 Å². The Morgan fingerprint density at radius 1 is 1.15 bits per heavy atom. The number of alkyl halides is 3. The van der Waals surface area contributed by atoms with Gasteiger partial charge in [-0.25, -0.2) is 9.38 Å². The van der Waals surface area contributed by atoms with Crippen LogP contribution in [0, 0.1) is 11.7 Å². The van der Waals surface area contributed by atoms with Crippen LogP contribution >= 0.6 is 0 Å². The summed E-state index contributed by atoms with van der Waals surface area (Å²) in [7, 11) is 3.52. The van der Waals surface area contributed by atoms with Gasteiger partial charge in [-0.2, -0.15) is 13.2 Å². The standard InChI is InChI=1S/C24H26F4N2O.C6H11NO2/c1-16(18-7-9-22(25)10-8-18)29-23(31-3)21-12-20(14-30(2)15-21)19-6-4-5-17(11-19)13-24(26,27)28;8-5-7-3-1-6(9)2-4-7/h4-11,20-21H,1,12-15H2,2-3H3;5-6,9H,1-4H2. The molecule has 2 aliphatic heterocycles. The minimum Gasteiger partial charge on any atom is -0.484 e. The van der Waals surface area contributed by atoms with E-state index in [1.165, 1.54) is 18.2 Å². The summed E-state index contributed by atoms with van der Waals surface area (Å²) >= 11 is 0. The van der Waals surface area contributed by atoms with Gasteiger partial charge in [0.25, 0.3) is 0 Å². The van der Waals surface area contributed by atoms with E-state index in [4.69, 9.17) is 9.84 Å². The number of aliphatic imine (C=N–C) groups is 1. The maximum absolute atomic E-state index is 13.2. The third-order valence-corrected chi connectivity index (χ3v) is 7.09. The van der Waals surface area contributed by atoms with Gasteiger partial charge in [0.15, 0.2) is 5.90 Å². The van der Waals surface area contributed by atoms with Crippen LogP contribution in [0.25, 0.3) is 5.70 Å². The van der Waals surface area contributed by atoms with E-state index in [1.54, 1.807) is 36.3 Å². The van der Waals surface area contributed by atoms with Crippen molar-refractivity contribution in [3.05, 3.63) is 77.6 Å². The number of carbonyl (C=O) groups is 1. The number of hydrogen-bond donors (Lipinski definition) is 1. The fourth-order valence-corrected chi connectivity index (χ4v) is 5.06. The molecule has 2 heterocycles. The van der Waals surface area contributed by atoms with Crippen molar-refractivity contribution >= 4 is 18.0 Å². The minimum atomic E-state index is -4.24. The highest BCUT2D eigenvalue weighted by atomic mass is 19.4. The lowest BCUT2D eigenvalue weighted by molar-refractivity contribution is -0.127. The molecule has 0 saturated carbocycles. The van der Waals surface area contributed by atoms with Crippen LogP contribution in [0.2, 0.25) is 0 Å². The van der Waals surface area contributed by atoms with E-state index in [0.29, 0.717) is 43.2 Å². The zero-order valence-corrected chi connectivity index (χ0v) is 22.9. The van der Waals surface area contributed by atoms with E-state index in [0.717, 1.165) is 31.4 Å². The fraction of sp³-hybridized carbons (Fsp3) is 0.467. The van der Waals surface area contributed by atoms with Crippen molar-refractivity contribution in [1.29, 1.82) is 0 Å². The van der Waals surface area contributed by atoms with E-state index in [2.05, 4.69) is 16.5 Å². The van der Waals surface area contributed by atoms with Gasteiger partial charge in [-0.1, -0.05) is 30.8 Å². The smallest absolute Gasteiger partial charge is 0.393 e. The number of benzene rings is 2. The Labute approximate surface area is 233 Å². The summed E-state index contributed by atoms with van der Waals surface area (Å²) in [6.45, 7) is 6.84. The lowest BCUT2D eigenvalue weighted by Gasteiger charge is -2.36. The summed E-state index contributed by atoms with van der Waals surface area (Å²) in [4.78, 5) is 18.5. The second kappa shape index (κ2) is 14.4. The Hall–Kier alpha value is -3.24. The van der Waals surface area contributed by atoms with Crippen LogP contribution in [0.3, 0.4) is 0 Å². The predicted molar refractivity (Wildman–Crippen MR) is 147 cm³/mol. The second-order valence-electron chi connectivity index (χ2n) is 10.4. The highest BCUT2D eigenvalue weighted by Gasteiger charge is 2.32. The Bertz CT molecular complexity index is 1150. The number of likely N-dealkylation sites (tertiary alicyclic amines) is 2. The quantitative estimate of drug-likeness (QED) is 0.225. The molecule has 40 heavy (non-hydrogen) atoms. The van der Waals surface area contributed by atoms with Gasteiger partial charge in [-0.05, 0) is 73.2 Å². The molecule has 10 heteroatoms. The molecule has 0 aliphatic carbocycles. The summed E-state index contributed by atoms with van der Waals surface area (Å²) < 4.78 is 57.2. The monoisotopic (exact) mass is 563 g/mol. The van der Waals surface area contributed by atoms with Crippen LogP contribution < -0.4 is 0 Å². The lowest BCUT2D eigenvalue weighted by atomic mass is 9.84. The Balaban J connectivity index is 0.000000415. The number of likely N-dealkylation sites (N-methyl/N-ethyl adjacent to an activating group) is 1. The molecule has 2 atom stereocenters. The van der Waals surface area contributed by atoms with Crippen molar-refractivity contribution in [2.75, 3.05) is 40.3 Å². The summed E-state index contributed by atoms with van der Waals surface area (Å²) in [5.74, 6) is 0.183. The summed E-state index contributed by atoms with van der Waals surface area (Å²) in [6, 6.07) is 12.6. The molecule has 2 aromatic rings. The SMILES string of the molecule is C=C(N=C(OC)C1CC(c2cccc(CC(F)(F)F)c2)CN(C)C1)c1ccc(F)cc1.O=CN1CCC(O)CC1. The number of methoxy groups -OCH3 is 1. The molecule has 2 fully saturated rings. The first-order valence-electron chi connectivity index (χ1n) is 13.3. The number of amides is 1. The van der Waals surface area contributed by atoms with Gasteiger partial charge in [-0.3, -0.25) is 4.79 Å². The van der Waals surface area contributed by atoms with Gasteiger partial charge in [0.1, 0.15) is 5.82 Å². The Morgan fingerprint density at radius 2 is 1.82 bits per heavy atom. The van der Waals surface area contributed by atoms with E-state index in [1.807, 2.05) is 13.1 Å². The van der Waals surface area contributed by atoms with E-state index < -0.39 is 12.6 Å². The Kier molecular flexibility index (Phi) is 11.3. The number of aliphatic hydroxyl groups excluding tert-OH is 1. The Morgan fingerprint density at radius 3 is 2.42 bits per heavy atom. The van der Waals surface area contributed by atoms with Crippen LogP contribution in [0.4, 0.5) is 17.6 Å². The van der Waals surface area contributed by atoms with E-state index in [9.17, 15) is 22.4 Å². The summed E-state index contributed by atoms with van der Waals surface area (Å²) in [5.41, 5.74) is 2.30. The average Bonchev–Trinajstić information content (AvgIpc) is 2.91. The van der Waals surface area contributed by atoms with Crippen LogP contribution in [0.1, 0.15) is 41.9 Å². The van der Waals surface area contributed by atoms with Crippen molar-refractivity contribution in [3.63, 3.8) is 0 Å². The van der Waals surface area contributed by atoms with Crippen LogP contribution in [0.15, 0.2) is 60.1 Å². The molecule has 0 radical (unpaired) electrons. The number of carbonyl (C=O) groups excluding carboxylic acids is 1. The normalized spacial score (nSPS) is 20.9. The maximum atomic E-state index is 13.2. The van der Waals surface area contributed by atoms with E-state index in [-0.39, 0.29) is 29.3 Å². The third-order valence-electron chi connectivity index (χ3n) is 7.09. The minimum absolute atomic E-state index is 0.0442. The lowest BCUT2D eigenvalue weighted by Crippen LogP contribution is -2.40. The average molecular weight is 564 g/mol.